The van der Waals surface area contributed by atoms with E-state index in [0.717, 1.165) is 12.8 Å². The summed E-state index contributed by atoms with van der Waals surface area (Å²) in [5, 5.41) is 17.8. The van der Waals surface area contributed by atoms with E-state index >= 15 is 0 Å². The molecule has 4 N–H and O–H groups in total. The predicted molar refractivity (Wildman–Crippen MR) is 102 cm³/mol. The molecule has 1 aromatic rings. The summed E-state index contributed by atoms with van der Waals surface area (Å²) in [5.74, 6) is -0.208. The molecule has 0 aliphatic heterocycles. The van der Waals surface area contributed by atoms with Gasteiger partial charge in [0.1, 0.15) is 5.82 Å². The topological polar surface area (TPSA) is 90.5 Å². The van der Waals surface area contributed by atoms with Gasteiger partial charge < -0.3 is 21.1 Å². The summed E-state index contributed by atoms with van der Waals surface area (Å²) < 4.78 is 12.8. The zero-order valence-corrected chi connectivity index (χ0v) is 15.7. The standard InChI is InChI=1S/C20H30FN3O3/c21-17-9-7-16(8-10-17)19(26)22-12-4-13-23-20(27)24-18(11-14-25)15-5-2-1-3-6-15/h7-10,15,18,25H,1-6,11-14H2,(H,22,26)(H2,23,24,27). The maximum atomic E-state index is 12.8. The Balaban J connectivity index is 1.63. The fourth-order valence-corrected chi connectivity index (χ4v) is 3.52. The highest BCUT2D eigenvalue weighted by Crippen LogP contribution is 2.27. The third-order valence-corrected chi connectivity index (χ3v) is 5.01. The Bertz CT molecular complexity index is 589. The van der Waals surface area contributed by atoms with Crippen molar-refractivity contribution in [2.45, 2.75) is 51.0 Å². The van der Waals surface area contributed by atoms with E-state index in [1.165, 1.54) is 43.5 Å². The Morgan fingerprint density at radius 1 is 1.07 bits per heavy atom. The summed E-state index contributed by atoms with van der Waals surface area (Å²) in [6.07, 6.45) is 6.98. The zero-order chi connectivity index (χ0) is 19.5. The lowest BCUT2D eigenvalue weighted by Crippen LogP contribution is -2.47. The molecule has 1 aliphatic carbocycles. The van der Waals surface area contributed by atoms with Crippen molar-refractivity contribution in [3.63, 3.8) is 0 Å². The molecular formula is C20H30FN3O3. The molecule has 6 nitrogen and oxygen atoms in total. The van der Waals surface area contributed by atoms with Gasteiger partial charge in [-0.1, -0.05) is 19.3 Å². The average Bonchev–Trinajstić information content (AvgIpc) is 2.68. The second-order valence-corrected chi connectivity index (χ2v) is 7.03. The van der Waals surface area contributed by atoms with Crippen LogP contribution in [0.1, 0.15) is 55.3 Å². The van der Waals surface area contributed by atoms with E-state index in [1.54, 1.807) is 0 Å². The number of hydrogen-bond acceptors (Lipinski definition) is 3. The van der Waals surface area contributed by atoms with Crippen molar-refractivity contribution in [1.29, 1.82) is 0 Å². The predicted octanol–water partition coefficient (Wildman–Crippen LogP) is 2.58. The number of nitrogens with one attached hydrogen (secondary N) is 3. The third-order valence-electron chi connectivity index (χ3n) is 5.01. The van der Waals surface area contributed by atoms with Crippen LogP contribution in [0.25, 0.3) is 0 Å². The highest BCUT2D eigenvalue weighted by Gasteiger charge is 2.24. The summed E-state index contributed by atoms with van der Waals surface area (Å²) in [7, 11) is 0. The van der Waals surface area contributed by atoms with Crippen LogP contribution in [0, 0.1) is 11.7 Å². The number of carbonyl (C=O) groups excluding carboxylic acids is 2. The molecule has 1 saturated carbocycles. The number of rotatable bonds is 9. The van der Waals surface area contributed by atoms with Crippen LogP contribution in [0.2, 0.25) is 0 Å². The van der Waals surface area contributed by atoms with Crippen molar-refractivity contribution in [1.82, 2.24) is 16.0 Å². The molecule has 0 radical (unpaired) electrons. The van der Waals surface area contributed by atoms with Crippen molar-refractivity contribution in [2.24, 2.45) is 5.92 Å². The second kappa shape index (κ2) is 11.5. The summed E-state index contributed by atoms with van der Waals surface area (Å²) in [6.45, 7) is 0.919. The van der Waals surface area contributed by atoms with Crippen LogP contribution in [0.3, 0.4) is 0 Å². The van der Waals surface area contributed by atoms with Crippen molar-refractivity contribution in [3.8, 4) is 0 Å². The molecule has 0 aromatic heterocycles. The first-order chi connectivity index (χ1) is 13.1. The lowest BCUT2D eigenvalue weighted by atomic mass is 9.83. The van der Waals surface area contributed by atoms with E-state index in [9.17, 15) is 19.1 Å². The molecule has 7 heteroatoms. The molecule has 0 spiro atoms. The largest absolute Gasteiger partial charge is 0.396 e. The van der Waals surface area contributed by atoms with Crippen LogP contribution in [-0.4, -0.2) is 42.8 Å². The van der Waals surface area contributed by atoms with E-state index in [2.05, 4.69) is 16.0 Å². The van der Waals surface area contributed by atoms with E-state index in [4.69, 9.17) is 0 Å². The van der Waals surface area contributed by atoms with Gasteiger partial charge in [0.05, 0.1) is 0 Å². The maximum absolute atomic E-state index is 12.8. The van der Waals surface area contributed by atoms with Crippen LogP contribution in [0.15, 0.2) is 24.3 Å². The highest BCUT2D eigenvalue weighted by molar-refractivity contribution is 5.94. The molecule has 0 heterocycles. The van der Waals surface area contributed by atoms with Crippen LogP contribution < -0.4 is 16.0 Å². The number of benzene rings is 1. The van der Waals surface area contributed by atoms with E-state index in [-0.39, 0.29) is 30.4 Å². The smallest absolute Gasteiger partial charge is 0.315 e. The van der Waals surface area contributed by atoms with Crippen molar-refractivity contribution < 1.29 is 19.1 Å². The Morgan fingerprint density at radius 2 is 1.74 bits per heavy atom. The van der Waals surface area contributed by atoms with Crippen LogP contribution >= 0.6 is 0 Å². The van der Waals surface area contributed by atoms with Crippen molar-refractivity contribution in [3.05, 3.63) is 35.6 Å². The number of aliphatic hydroxyl groups is 1. The zero-order valence-electron chi connectivity index (χ0n) is 15.7. The summed E-state index contributed by atoms with van der Waals surface area (Å²) in [5.41, 5.74) is 0.404. The normalized spacial score (nSPS) is 15.8. The molecule has 1 aromatic carbocycles. The fourth-order valence-electron chi connectivity index (χ4n) is 3.52. The minimum atomic E-state index is -0.380. The average molecular weight is 379 g/mol. The molecule has 0 saturated heterocycles. The molecule has 3 amide bonds. The number of hydrogen-bond donors (Lipinski definition) is 4. The first-order valence-corrected chi connectivity index (χ1v) is 9.79. The molecule has 150 valence electrons. The van der Waals surface area contributed by atoms with Gasteiger partial charge in [0.25, 0.3) is 5.91 Å². The third kappa shape index (κ3) is 7.54. The van der Waals surface area contributed by atoms with E-state index in [0.29, 0.717) is 37.4 Å². The van der Waals surface area contributed by atoms with Crippen molar-refractivity contribution in [2.75, 3.05) is 19.7 Å². The second-order valence-electron chi connectivity index (χ2n) is 7.03. The van der Waals surface area contributed by atoms with Gasteiger partial charge in [0.15, 0.2) is 0 Å². The summed E-state index contributed by atoms with van der Waals surface area (Å²) >= 11 is 0. The molecule has 0 bridgehead atoms. The molecular weight excluding hydrogens is 349 g/mol. The maximum Gasteiger partial charge on any atom is 0.315 e. The highest BCUT2D eigenvalue weighted by atomic mass is 19.1. The van der Waals surface area contributed by atoms with E-state index in [1.807, 2.05) is 0 Å². The minimum Gasteiger partial charge on any atom is -0.396 e. The Morgan fingerprint density at radius 3 is 2.41 bits per heavy atom. The molecule has 1 unspecified atom stereocenters. The molecule has 1 aliphatic rings. The number of halogens is 1. The Kier molecular flexibility index (Phi) is 9.04. The molecule has 1 fully saturated rings. The fraction of sp³-hybridized carbons (Fsp3) is 0.600. The van der Waals surface area contributed by atoms with Gasteiger partial charge in [-0.05, 0) is 55.9 Å². The number of urea groups is 1. The Hall–Kier alpha value is -2.15. The molecule has 1 atom stereocenters. The van der Waals surface area contributed by atoms with Crippen LogP contribution in [0.5, 0.6) is 0 Å². The number of amides is 3. The lowest BCUT2D eigenvalue weighted by molar-refractivity contribution is 0.0953. The van der Waals surface area contributed by atoms with Gasteiger partial charge in [-0.2, -0.15) is 0 Å². The summed E-state index contributed by atoms with van der Waals surface area (Å²) in [4.78, 5) is 24.0. The monoisotopic (exact) mass is 379 g/mol. The molecule has 2 rings (SSSR count). The lowest BCUT2D eigenvalue weighted by Gasteiger charge is -2.30. The van der Waals surface area contributed by atoms with Crippen LogP contribution in [0.4, 0.5) is 9.18 Å². The van der Waals surface area contributed by atoms with Crippen molar-refractivity contribution >= 4 is 11.9 Å². The first-order valence-electron chi connectivity index (χ1n) is 9.79. The summed E-state index contributed by atoms with van der Waals surface area (Å²) in [6, 6.07) is 5.13. The first kappa shape index (κ1) is 21.2. The van der Waals surface area contributed by atoms with E-state index < -0.39 is 0 Å². The van der Waals surface area contributed by atoms with Gasteiger partial charge in [-0.25, -0.2) is 9.18 Å². The quantitative estimate of drug-likeness (QED) is 0.497. The number of carbonyl (C=O) groups is 2. The van der Waals surface area contributed by atoms with Gasteiger partial charge in [0.2, 0.25) is 0 Å². The van der Waals surface area contributed by atoms with Gasteiger partial charge >= 0.3 is 6.03 Å². The van der Waals surface area contributed by atoms with Gasteiger partial charge in [-0.3, -0.25) is 4.79 Å². The SMILES string of the molecule is O=C(NCCCNC(=O)c1ccc(F)cc1)NC(CCO)C1CCCCC1. The van der Waals surface area contributed by atoms with Gasteiger partial charge in [0, 0.05) is 31.3 Å². The molecule has 27 heavy (non-hydrogen) atoms. The Labute approximate surface area is 159 Å². The minimum absolute atomic E-state index is 0.00785. The number of aliphatic hydroxyl groups excluding tert-OH is 1. The van der Waals surface area contributed by atoms with Crippen LogP contribution in [-0.2, 0) is 0 Å². The van der Waals surface area contributed by atoms with Gasteiger partial charge in [-0.15, -0.1) is 0 Å².